The maximum absolute atomic E-state index is 11.7. The molecule has 5 heteroatoms. The second-order valence-corrected chi connectivity index (χ2v) is 4.48. The average molecular weight is 229 g/mol. The number of amides is 1. The van der Waals surface area contributed by atoms with Gasteiger partial charge in [-0.2, -0.15) is 0 Å². The molecule has 0 saturated heterocycles. The molecule has 0 heterocycles. The summed E-state index contributed by atoms with van der Waals surface area (Å²) < 4.78 is 0. The Bertz CT molecular complexity index is 267. The predicted octanol–water partition coefficient (Wildman–Crippen LogP) is 0.232. The van der Waals surface area contributed by atoms with Crippen molar-refractivity contribution in [3.63, 3.8) is 0 Å². The monoisotopic (exact) mass is 229 g/mol. The Morgan fingerprint density at radius 2 is 2.00 bits per heavy atom. The van der Waals surface area contributed by atoms with Crippen molar-refractivity contribution >= 4 is 11.9 Å². The van der Waals surface area contributed by atoms with Crippen molar-refractivity contribution in [1.82, 2.24) is 5.32 Å². The molecule has 3 unspecified atom stereocenters. The molecule has 0 aromatic rings. The van der Waals surface area contributed by atoms with Gasteiger partial charge in [0.2, 0.25) is 5.91 Å². The van der Waals surface area contributed by atoms with E-state index in [-0.39, 0.29) is 19.1 Å². The Hall–Kier alpha value is -1.10. The Morgan fingerprint density at radius 3 is 2.56 bits per heavy atom. The van der Waals surface area contributed by atoms with Crippen molar-refractivity contribution in [1.29, 1.82) is 0 Å². The van der Waals surface area contributed by atoms with E-state index in [2.05, 4.69) is 5.32 Å². The minimum atomic E-state index is -0.893. The summed E-state index contributed by atoms with van der Waals surface area (Å²) in [6, 6.07) is 0. The zero-order chi connectivity index (χ0) is 12.1. The van der Waals surface area contributed by atoms with E-state index in [1.807, 2.05) is 6.92 Å². The van der Waals surface area contributed by atoms with Gasteiger partial charge in [0.1, 0.15) is 0 Å². The maximum atomic E-state index is 11.7. The van der Waals surface area contributed by atoms with Gasteiger partial charge in [0, 0.05) is 6.54 Å². The van der Waals surface area contributed by atoms with Crippen LogP contribution in [-0.4, -0.2) is 35.2 Å². The zero-order valence-electron chi connectivity index (χ0n) is 9.48. The van der Waals surface area contributed by atoms with Crippen LogP contribution >= 0.6 is 0 Å². The number of hydrogen-bond donors (Lipinski definition) is 3. The highest BCUT2D eigenvalue weighted by atomic mass is 16.4. The van der Waals surface area contributed by atoms with Crippen LogP contribution in [-0.2, 0) is 9.59 Å². The third-order valence-corrected chi connectivity index (χ3v) is 3.18. The molecule has 1 aliphatic rings. The quantitative estimate of drug-likeness (QED) is 0.644. The summed E-state index contributed by atoms with van der Waals surface area (Å²) in [5.74, 6) is -1.80. The first-order valence-electron chi connectivity index (χ1n) is 5.67. The normalized spacial score (nSPS) is 29.8. The fourth-order valence-corrected chi connectivity index (χ4v) is 2.28. The van der Waals surface area contributed by atoms with E-state index in [9.17, 15) is 9.59 Å². The number of rotatable bonds is 4. The highest BCUT2D eigenvalue weighted by molar-refractivity contribution is 5.84. The summed E-state index contributed by atoms with van der Waals surface area (Å²) in [7, 11) is 0. The Kier molecular flexibility index (Phi) is 4.73. The van der Waals surface area contributed by atoms with Crippen LogP contribution in [0, 0.1) is 17.8 Å². The minimum absolute atomic E-state index is 0.118. The first-order chi connectivity index (χ1) is 7.56. The highest BCUT2D eigenvalue weighted by Gasteiger charge is 2.37. The molecule has 0 spiro atoms. The van der Waals surface area contributed by atoms with Crippen LogP contribution < -0.4 is 5.32 Å². The number of nitrogens with one attached hydrogen (secondary N) is 1. The number of carboxylic acid groups (broad SMARTS) is 1. The summed E-state index contributed by atoms with van der Waals surface area (Å²) in [4.78, 5) is 22.8. The highest BCUT2D eigenvalue weighted by Crippen LogP contribution is 2.34. The van der Waals surface area contributed by atoms with E-state index in [1.165, 1.54) is 0 Å². The van der Waals surface area contributed by atoms with Gasteiger partial charge in [-0.1, -0.05) is 6.92 Å². The number of carboxylic acids is 1. The molecule has 5 nitrogen and oxygen atoms in total. The Balaban J connectivity index is 2.61. The van der Waals surface area contributed by atoms with E-state index in [0.717, 1.165) is 6.42 Å². The number of hydrogen-bond acceptors (Lipinski definition) is 3. The van der Waals surface area contributed by atoms with Crippen molar-refractivity contribution in [2.24, 2.45) is 17.8 Å². The van der Waals surface area contributed by atoms with Crippen molar-refractivity contribution in [3.8, 4) is 0 Å². The number of aliphatic hydroxyl groups is 1. The molecule has 0 aliphatic heterocycles. The third kappa shape index (κ3) is 3.20. The van der Waals surface area contributed by atoms with E-state index < -0.39 is 17.8 Å². The van der Waals surface area contributed by atoms with Crippen LogP contribution in [0.3, 0.4) is 0 Å². The Labute approximate surface area is 94.8 Å². The summed E-state index contributed by atoms with van der Waals surface area (Å²) in [5.41, 5.74) is 0. The van der Waals surface area contributed by atoms with Gasteiger partial charge in [-0.3, -0.25) is 9.59 Å². The largest absolute Gasteiger partial charge is 0.481 e. The first kappa shape index (κ1) is 13.0. The van der Waals surface area contributed by atoms with Gasteiger partial charge in [0.15, 0.2) is 0 Å². The molecule has 1 amide bonds. The maximum Gasteiger partial charge on any atom is 0.307 e. The summed E-state index contributed by atoms with van der Waals surface area (Å²) >= 11 is 0. The van der Waals surface area contributed by atoms with E-state index in [1.54, 1.807) is 0 Å². The molecular formula is C11H19NO4. The SMILES string of the molecule is CC1CCC(C(=O)NCCO)C(C(=O)O)C1. The Morgan fingerprint density at radius 1 is 1.31 bits per heavy atom. The molecular weight excluding hydrogens is 210 g/mol. The molecule has 0 radical (unpaired) electrons. The molecule has 0 bridgehead atoms. The van der Waals surface area contributed by atoms with Crippen molar-refractivity contribution < 1.29 is 19.8 Å². The van der Waals surface area contributed by atoms with E-state index in [0.29, 0.717) is 18.8 Å². The van der Waals surface area contributed by atoms with Gasteiger partial charge in [-0.05, 0) is 25.2 Å². The van der Waals surface area contributed by atoms with Gasteiger partial charge < -0.3 is 15.5 Å². The molecule has 1 saturated carbocycles. The predicted molar refractivity (Wildman–Crippen MR) is 57.7 cm³/mol. The fraction of sp³-hybridized carbons (Fsp3) is 0.818. The number of carbonyl (C=O) groups is 2. The van der Waals surface area contributed by atoms with Crippen LogP contribution in [0.15, 0.2) is 0 Å². The first-order valence-corrected chi connectivity index (χ1v) is 5.67. The lowest BCUT2D eigenvalue weighted by atomic mass is 9.74. The zero-order valence-corrected chi connectivity index (χ0v) is 9.48. The summed E-state index contributed by atoms with van der Waals surface area (Å²) in [6.45, 7) is 2.08. The van der Waals surface area contributed by atoms with Crippen LogP contribution in [0.4, 0.5) is 0 Å². The third-order valence-electron chi connectivity index (χ3n) is 3.18. The number of aliphatic carboxylic acids is 1. The lowest BCUT2D eigenvalue weighted by Crippen LogP contribution is -2.41. The molecule has 1 rings (SSSR count). The van der Waals surface area contributed by atoms with E-state index >= 15 is 0 Å². The van der Waals surface area contributed by atoms with Crippen molar-refractivity contribution in [2.45, 2.75) is 26.2 Å². The molecule has 1 aliphatic carbocycles. The van der Waals surface area contributed by atoms with Crippen LogP contribution in [0.2, 0.25) is 0 Å². The topological polar surface area (TPSA) is 86.6 Å². The van der Waals surface area contributed by atoms with Crippen LogP contribution in [0.25, 0.3) is 0 Å². The average Bonchev–Trinajstić information content (AvgIpc) is 2.25. The molecule has 92 valence electrons. The van der Waals surface area contributed by atoms with Gasteiger partial charge in [-0.15, -0.1) is 0 Å². The fourth-order valence-electron chi connectivity index (χ4n) is 2.28. The van der Waals surface area contributed by atoms with Crippen LogP contribution in [0.5, 0.6) is 0 Å². The van der Waals surface area contributed by atoms with Gasteiger partial charge in [0.25, 0.3) is 0 Å². The molecule has 1 fully saturated rings. The second kappa shape index (κ2) is 5.84. The minimum Gasteiger partial charge on any atom is -0.481 e. The summed E-state index contributed by atoms with van der Waals surface area (Å²) in [6.07, 6.45) is 2.07. The van der Waals surface area contributed by atoms with Gasteiger partial charge >= 0.3 is 5.97 Å². The lowest BCUT2D eigenvalue weighted by Gasteiger charge is -2.31. The molecule has 16 heavy (non-hydrogen) atoms. The molecule has 0 aromatic heterocycles. The smallest absolute Gasteiger partial charge is 0.307 e. The van der Waals surface area contributed by atoms with E-state index in [4.69, 9.17) is 10.2 Å². The molecule has 3 atom stereocenters. The van der Waals surface area contributed by atoms with Gasteiger partial charge in [-0.25, -0.2) is 0 Å². The number of carbonyl (C=O) groups excluding carboxylic acids is 1. The van der Waals surface area contributed by atoms with Crippen LogP contribution in [0.1, 0.15) is 26.2 Å². The molecule has 0 aromatic carbocycles. The second-order valence-electron chi connectivity index (χ2n) is 4.48. The van der Waals surface area contributed by atoms with Crippen molar-refractivity contribution in [2.75, 3.05) is 13.2 Å². The lowest BCUT2D eigenvalue weighted by molar-refractivity contribution is -0.149. The van der Waals surface area contributed by atoms with Gasteiger partial charge in [0.05, 0.1) is 18.4 Å². The standard InChI is InChI=1S/C11H19NO4/c1-7-2-3-8(9(6-7)11(15)16)10(14)12-4-5-13/h7-9,13H,2-6H2,1H3,(H,12,14)(H,15,16). The number of aliphatic hydroxyl groups excluding tert-OH is 1. The summed E-state index contributed by atoms with van der Waals surface area (Å²) in [5, 5.41) is 20.2. The molecule has 3 N–H and O–H groups in total. The van der Waals surface area contributed by atoms with Crippen molar-refractivity contribution in [3.05, 3.63) is 0 Å².